The molecule has 0 aliphatic heterocycles. The highest BCUT2D eigenvalue weighted by atomic mass is 16.3. The monoisotopic (exact) mass is 270 g/mol. The number of nitrogen functional groups attached to an aromatic ring is 2. The van der Waals surface area contributed by atoms with Crippen LogP contribution in [0, 0.1) is 0 Å². The smallest absolute Gasteiger partial charge is 0.113 e. The summed E-state index contributed by atoms with van der Waals surface area (Å²) in [6.45, 7) is 3.41. The van der Waals surface area contributed by atoms with E-state index in [1.165, 1.54) is 0 Å². The lowest BCUT2D eigenvalue weighted by atomic mass is 9.69. The van der Waals surface area contributed by atoms with Crippen LogP contribution in [0.2, 0.25) is 0 Å². The Morgan fingerprint density at radius 3 is 1.40 bits per heavy atom. The lowest BCUT2D eigenvalue weighted by molar-refractivity contribution is 0.0510. The first-order valence-electron chi connectivity index (χ1n) is 6.50. The molecule has 0 saturated carbocycles. The number of nitrogens with two attached hydrogens (primary N) is 2. The second kappa shape index (κ2) is 3.75. The fourth-order valence-corrected chi connectivity index (χ4v) is 3.07. The summed E-state index contributed by atoms with van der Waals surface area (Å²) in [6.07, 6.45) is 0. The Labute approximate surface area is 117 Å². The predicted molar refractivity (Wildman–Crippen MR) is 79.1 cm³/mol. The number of rotatable bonds is 0. The molecule has 2 aromatic rings. The fraction of sp³-hybridized carbons (Fsp3) is 0.250. The summed E-state index contributed by atoms with van der Waals surface area (Å²) in [5, 5.41) is 21.8. The molecule has 0 saturated heterocycles. The van der Waals surface area contributed by atoms with Crippen LogP contribution in [0.15, 0.2) is 36.4 Å². The number of aliphatic hydroxyl groups is 2. The molecular formula is C16H18N2O2. The average Bonchev–Trinajstić information content (AvgIpc) is 2.36. The van der Waals surface area contributed by atoms with E-state index in [9.17, 15) is 10.2 Å². The summed E-state index contributed by atoms with van der Waals surface area (Å²) in [5.41, 5.74) is 12.9. The van der Waals surface area contributed by atoms with Crippen molar-refractivity contribution in [2.75, 3.05) is 11.5 Å². The van der Waals surface area contributed by atoms with Gasteiger partial charge in [-0.3, -0.25) is 0 Å². The molecule has 6 N–H and O–H groups in total. The van der Waals surface area contributed by atoms with Crippen molar-refractivity contribution in [2.24, 2.45) is 0 Å². The molecule has 20 heavy (non-hydrogen) atoms. The van der Waals surface area contributed by atoms with Crippen molar-refractivity contribution in [3.05, 3.63) is 58.7 Å². The van der Waals surface area contributed by atoms with Crippen LogP contribution in [0.4, 0.5) is 11.4 Å². The minimum absolute atomic E-state index is 0.554. The number of hydrogen-bond acceptors (Lipinski definition) is 4. The molecule has 104 valence electrons. The normalized spacial score (nSPS) is 27.8. The van der Waals surface area contributed by atoms with E-state index in [0.29, 0.717) is 33.6 Å². The Kier molecular flexibility index (Phi) is 2.43. The molecule has 0 aromatic heterocycles. The summed E-state index contributed by atoms with van der Waals surface area (Å²) in [6, 6.07) is 10.4. The van der Waals surface area contributed by atoms with E-state index >= 15 is 0 Å². The molecule has 0 spiro atoms. The van der Waals surface area contributed by atoms with Crippen molar-refractivity contribution in [1.29, 1.82) is 0 Å². The van der Waals surface area contributed by atoms with E-state index in [0.717, 1.165) is 0 Å². The third kappa shape index (κ3) is 1.55. The van der Waals surface area contributed by atoms with Gasteiger partial charge in [0.1, 0.15) is 11.2 Å². The van der Waals surface area contributed by atoms with Crippen molar-refractivity contribution in [1.82, 2.24) is 0 Å². The summed E-state index contributed by atoms with van der Waals surface area (Å²) in [7, 11) is 0. The molecule has 0 amide bonds. The van der Waals surface area contributed by atoms with Crippen molar-refractivity contribution in [2.45, 2.75) is 25.0 Å². The minimum atomic E-state index is -1.21. The highest BCUT2D eigenvalue weighted by molar-refractivity contribution is 5.62. The van der Waals surface area contributed by atoms with Crippen LogP contribution < -0.4 is 11.5 Å². The molecule has 0 fully saturated rings. The Morgan fingerprint density at radius 1 is 0.700 bits per heavy atom. The first kappa shape index (κ1) is 13.0. The van der Waals surface area contributed by atoms with Crippen molar-refractivity contribution < 1.29 is 10.2 Å². The van der Waals surface area contributed by atoms with E-state index in [1.54, 1.807) is 50.2 Å². The van der Waals surface area contributed by atoms with Gasteiger partial charge < -0.3 is 21.7 Å². The summed E-state index contributed by atoms with van der Waals surface area (Å²) in [4.78, 5) is 0. The predicted octanol–water partition coefficient (Wildman–Crippen LogP) is 1.68. The molecule has 1 aliphatic rings. The highest BCUT2D eigenvalue weighted by Crippen LogP contribution is 2.48. The van der Waals surface area contributed by atoms with Crippen molar-refractivity contribution in [3.8, 4) is 0 Å². The summed E-state index contributed by atoms with van der Waals surface area (Å²) >= 11 is 0. The maximum Gasteiger partial charge on any atom is 0.113 e. The van der Waals surface area contributed by atoms with E-state index in [-0.39, 0.29) is 0 Å². The standard InChI is InChI=1S/C16H18N2O2/c1-15(19)11-5-3-10(18)8-14(11)16(2,20)12-6-4-9(17)7-13(12)15/h3-8,19-20H,17-18H2,1-2H3. The maximum atomic E-state index is 10.9. The molecule has 3 rings (SSSR count). The fourth-order valence-electron chi connectivity index (χ4n) is 3.07. The summed E-state index contributed by atoms with van der Waals surface area (Å²) < 4.78 is 0. The van der Waals surface area contributed by atoms with Crippen LogP contribution >= 0.6 is 0 Å². The van der Waals surface area contributed by atoms with Gasteiger partial charge >= 0.3 is 0 Å². The van der Waals surface area contributed by atoms with Crippen LogP contribution in [0.3, 0.4) is 0 Å². The first-order valence-corrected chi connectivity index (χ1v) is 6.50. The topological polar surface area (TPSA) is 92.5 Å². The number of hydrogen-bond donors (Lipinski definition) is 4. The maximum absolute atomic E-state index is 10.9. The van der Waals surface area contributed by atoms with E-state index in [2.05, 4.69) is 0 Å². The number of benzene rings is 2. The molecular weight excluding hydrogens is 252 g/mol. The number of anilines is 2. The van der Waals surface area contributed by atoms with Gasteiger partial charge in [-0.2, -0.15) is 0 Å². The second-order valence-electron chi connectivity index (χ2n) is 5.75. The van der Waals surface area contributed by atoms with E-state index in [4.69, 9.17) is 11.5 Å². The Morgan fingerprint density at radius 2 is 1.05 bits per heavy atom. The Bertz CT molecular complexity index is 644. The van der Waals surface area contributed by atoms with Crippen molar-refractivity contribution in [3.63, 3.8) is 0 Å². The van der Waals surface area contributed by atoms with Gasteiger partial charge in [-0.25, -0.2) is 0 Å². The molecule has 0 heterocycles. The van der Waals surface area contributed by atoms with Gasteiger partial charge in [0, 0.05) is 11.4 Å². The van der Waals surface area contributed by atoms with Gasteiger partial charge in [0.25, 0.3) is 0 Å². The quantitative estimate of drug-likeness (QED) is 0.548. The van der Waals surface area contributed by atoms with Crippen LogP contribution in [-0.4, -0.2) is 10.2 Å². The highest BCUT2D eigenvalue weighted by Gasteiger charge is 2.44. The van der Waals surface area contributed by atoms with E-state index in [1.807, 2.05) is 0 Å². The summed E-state index contributed by atoms with van der Waals surface area (Å²) in [5.74, 6) is 0. The van der Waals surface area contributed by atoms with Gasteiger partial charge in [-0.15, -0.1) is 0 Å². The molecule has 0 bridgehead atoms. The van der Waals surface area contributed by atoms with Gasteiger partial charge in [0.2, 0.25) is 0 Å². The lowest BCUT2D eigenvalue weighted by Gasteiger charge is -2.41. The van der Waals surface area contributed by atoms with Gasteiger partial charge in [-0.05, 0) is 60.4 Å². The average molecular weight is 270 g/mol. The molecule has 4 nitrogen and oxygen atoms in total. The second-order valence-corrected chi connectivity index (χ2v) is 5.75. The zero-order valence-electron chi connectivity index (χ0n) is 11.5. The lowest BCUT2D eigenvalue weighted by Crippen LogP contribution is -2.39. The molecule has 2 aromatic carbocycles. The third-order valence-electron chi connectivity index (χ3n) is 4.19. The number of fused-ring (bicyclic) bond motifs is 2. The van der Waals surface area contributed by atoms with E-state index < -0.39 is 11.2 Å². The van der Waals surface area contributed by atoms with Gasteiger partial charge in [0.05, 0.1) is 0 Å². The molecule has 0 radical (unpaired) electrons. The SMILES string of the molecule is CC1(O)c2ccc(N)cc2C(C)(O)c2ccc(N)cc21. The molecule has 4 heteroatoms. The van der Waals surface area contributed by atoms with Crippen LogP contribution in [0.25, 0.3) is 0 Å². The minimum Gasteiger partial charge on any atom is -0.399 e. The van der Waals surface area contributed by atoms with Gasteiger partial charge in [-0.1, -0.05) is 12.1 Å². The third-order valence-corrected chi connectivity index (χ3v) is 4.19. The first-order chi connectivity index (χ1) is 9.24. The zero-order chi connectivity index (χ0) is 14.7. The van der Waals surface area contributed by atoms with Crippen LogP contribution in [-0.2, 0) is 11.2 Å². The van der Waals surface area contributed by atoms with Crippen LogP contribution in [0.5, 0.6) is 0 Å². The zero-order valence-corrected chi connectivity index (χ0v) is 11.5. The Balaban J connectivity index is 2.40. The van der Waals surface area contributed by atoms with Gasteiger partial charge in [0.15, 0.2) is 0 Å². The molecule has 1 aliphatic carbocycles. The molecule has 2 unspecified atom stereocenters. The Hall–Kier alpha value is -2.04. The van der Waals surface area contributed by atoms with Crippen molar-refractivity contribution >= 4 is 11.4 Å². The molecule has 2 atom stereocenters. The largest absolute Gasteiger partial charge is 0.399 e. The van der Waals surface area contributed by atoms with Crippen LogP contribution in [0.1, 0.15) is 36.1 Å².